The molecule has 19 heavy (non-hydrogen) atoms. The molecule has 0 aliphatic carbocycles. The van der Waals surface area contributed by atoms with Gasteiger partial charge in [-0.25, -0.2) is 9.59 Å². The van der Waals surface area contributed by atoms with Crippen molar-refractivity contribution in [3.63, 3.8) is 0 Å². The number of hydrogen-bond acceptors (Lipinski definition) is 5. The fraction of sp³-hybridized carbons (Fsp3) is 0.714. The smallest absolute Gasteiger partial charge is 0.349 e. The van der Waals surface area contributed by atoms with Gasteiger partial charge in [-0.05, 0) is 25.7 Å². The Morgan fingerprint density at radius 3 is 2.21 bits per heavy atom. The van der Waals surface area contributed by atoms with Gasteiger partial charge in [0.15, 0.2) is 0 Å². The summed E-state index contributed by atoms with van der Waals surface area (Å²) in [6.45, 7) is 11.0. The van der Waals surface area contributed by atoms with E-state index in [1.807, 2.05) is 13.8 Å². The van der Waals surface area contributed by atoms with Gasteiger partial charge in [0, 0.05) is 0 Å². The molecule has 0 N–H and O–H groups in total. The van der Waals surface area contributed by atoms with Crippen LogP contribution in [-0.2, 0) is 23.8 Å². The Bertz CT molecular complexity index is 335. The lowest BCUT2D eigenvalue weighted by Crippen LogP contribution is -2.49. The van der Waals surface area contributed by atoms with E-state index < -0.39 is 17.5 Å². The Morgan fingerprint density at radius 2 is 1.79 bits per heavy atom. The molecule has 0 fully saturated rings. The van der Waals surface area contributed by atoms with Gasteiger partial charge in [0.25, 0.3) is 5.60 Å². The van der Waals surface area contributed by atoms with Crippen molar-refractivity contribution in [1.29, 1.82) is 0 Å². The zero-order chi connectivity index (χ0) is 15.1. The fourth-order valence-electron chi connectivity index (χ4n) is 1.45. The largest absolute Gasteiger partial charge is 0.466 e. The molecule has 5 heteroatoms. The van der Waals surface area contributed by atoms with Crippen molar-refractivity contribution >= 4 is 11.9 Å². The Hall–Kier alpha value is -1.36. The number of esters is 2. The molecule has 0 aromatic rings. The SMILES string of the molecule is C=CCC(C)(C)COC(C)(C(=O)OC)C(=O)OCC. The van der Waals surface area contributed by atoms with E-state index in [1.54, 1.807) is 13.0 Å². The van der Waals surface area contributed by atoms with E-state index >= 15 is 0 Å². The second-order valence-electron chi connectivity index (χ2n) is 5.19. The normalized spacial score (nSPS) is 14.4. The van der Waals surface area contributed by atoms with E-state index in [4.69, 9.17) is 9.47 Å². The second-order valence-corrected chi connectivity index (χ2v) is 5.19. The Labute approximate surface area is 114 Å². The van der Waals surface area contributed by atoms with Gasteiger partial charge in [-0.3, -0.25) is 0 Å². The van der Waals surface area contributed by atoms with Crippen LogP contribution in [0.1, 0.15) is 34.1 Å². The molecule has 0 saturated heterocycles. The second kappa shape index (κ2) is 7.28. The number of carbonyl (C=O) groups is 2. The van der Waals surface area contributed by atoms with E-state index in [0.29, 0.717) is 6.42 Å². The van der Waals surface area contributed by atoms with Gasteiger partial charge in [0.05, 0.1) is 20.3 Å². The van der Waals surface area contributed by atoms with Crippen LogP contribution < -0.4 is 0 Å². The summed E-state index contributed by atoms with van der Waals surface area (Å²) in [5.41, 5.74) is -1.97. The van der Waals surface area contributed by atoms with Gasteiger partial charge < -0.3 is 14.2 Å². The number of hydrogen-bond donors (Lipinski definition) is 0. The molecule has 0 heterocycles. The van der Waals surface area contributed by atoms with Crippen LogP contribution in [0, 0.1) is 5.41 Å². The Morgan fingerprint density at radius 1 is 1.21 bits per heavy atom. The van der Waals surface area contributed by atoms with Crippen molar-refractivity contribution in [2.45, 2.75) is 39.7 Å². The lowest BCUT2D eigenvalue weighted by atomic mass is 9.90. The summed E-state index contributed by atoms with van der Waals surface area (Å²) >= 11 is 0. The minimum absolute atomic E-state index is 0.171. The van der Waals surface area contributed by atoms with Crippen molar-refractivity contribution in [2.24, 2.45) is 5.41 Å². The van der Waals surface area contributed by atoms with Crippen LogP contribution in [0.3, 0.4) is 0 Å². The number of methoxy groups -OCH3 is 1. The Balaban J connectivity index is 4.93. The number of allylic oxidation sites excluding steroid dienone is 1. The summed E-state index contributed by atoms with van der Waals surface area (Å²) in [6.07, 6.45) is 2.47. The first-order chi connectivity index (χ1) is 8.73. The first-order valence-electron chi connectivity index (χ1n) is 6.24. The summed E-state index contributed by atoms with van der Waals surface area (Å²) in [4.78, 5) is 23.6. The maximum atomic E-state index is 11.9. The molecule has 1 unspecified atom stereocenters. The fourth-order valence-corrected chi connectivity index (χ4v) is 1.45. The number of ether oxygens (including phenoxy) is 3. The van der Waals surface area contributed by atoms with Crippen LogP contribution in [0.15, 0.2) is 12.7 Å². The topological polar surface area (TPSA) is 61.8 Å². The highest BCUT2D eigenvalue weighted by Gasteiger charge is 2.46. The summed E-state index contributed by atoms with van der Waals surface area (Å²) in [5.74, 6) is -1.50. The molecule has 0 aliphatic heterocycles. The first-order valence-corrected chi connectivity index (χ1v) is 6.24. The van der Waals surface area contributed by atoms with Gasteiger partial charge in [-0.15, -0.1) is 6.58 Å². The third-order valence-corrected chi connectivity index (χ3v) is 2.69. The molecule has 0 aromatic carbocycles. The van der Waals surface area contributed by atoms with Crippen molar-refractivity contribution in [3.05, 3.63) is 12.7 Å². The van der Waals surface area contributed by atoms with Crippen LogP contribution in [0.4, 0.5) is 0 Å². The minimum atomic E-state index is -1.73. The van der Waals surface area contributed by atoms with E-state index in [1.165, 1.54) is 14.0 Å². The zero-order valence-electron chi connectivity index (χ0n) is 12.4. The molecule has 0 rings (SSSR count). The molecule has 110 valence electrons. The van der Waals surface area contributed by atoms with E-state index in [-0.39, 0.29) is 18.6 Å². The molecule has 0 spiro atoms. The summed E-state index contributed by atoms with van der Waals surface area (Å²) in [5, 5.41) is 0. The third-order valence-electron chi connectivity index (χ3n) is 2.69. The molecular weight excluding hydrogens is 248 g/mol. The van der Waals surface area contributed by atoms with Crippen LogP contribution in [0.2, 0.25) is 0 Å². The van der Waals surface area contributed by atoms with Crippen molar-refractivity contribution in [1.82, 2.24) is 0 Å². The van der Waals surface area contributed by atoms with Gasteiger partial charge in [-0.1, -0.05) is 19.9 Å². The highest BCUT2D eigenvalue weighted by atomic mass is 16.6. The molecular formula is C14H24O5. The average molecular weight is 272 g/mol. The third kappa shape index (κ3) is 5.03. The van der Waals surface area contributed by atoms with Crippen molar-refractivity contribution < 1.29 is 23.8 Å². The summed E-state index contributed by atoms with van der Waals surface area (Å²) < 4.78 is 15.0. The highest BCUT2D eigenvalue weighted by molar-refractivity contribution is 6.03. The van der Waals surface area contributed by atoms with E-state index in [2.05, 4.69) is 11.3 Å². The lowest BCUT2D eigenvalue weighted by Gasteiger charge is -2.30. The summed E-state index contributed by atoms with van der Waals surface area (Å²) in [7, 11) is 1.21. The van der Waals surface area contributed by atoms with Gasteiger partial charge in [0.2, 0.25) is 0 Å². The van der Waals surface area contributed by atoms with E-state index in [0.717, 1.165) is 0 Å². The first kappa shape index (κ1) is 17.6. The van der Waals surface area contributed by atoms with Gasteiger partial charge in [-0.2, -0.15) is 0 Å². The van der Waals surface area contributed by atoms with Gasteiger partial charge in [0.1, 0.15) is 0 Å². The molecule has 5 nitrogen and oxygen atoms in total. The lowest BCUT2D eigenvalue weighted by molar-refractivity contribution is -0.190. The maximum Gasteiger partial charge on any atom is 0.349 e. The van der Waals surface area contributed by atoms with Crippen LogP contribution in [0.5, 0.6) is 0 Å². The molecule has 0 radical (unpaired) electrons. The van der Waals surface area contributed by atoms with Crippen molar-refractivity contribution in [2.75, 3.05) is 20.3 Å². The van der Waals surface area contributed by atoms with E-state index in [9.17, 15) is 9.59 Å². The molecule has 1 atom stereocenters. The monoisotopic (exact) mass is 272 g/mol. The zero-order valence-corrected chi connectivity index (χ0v) is 12.4. The van der Waals surface area contributed by atoms with Gasteiger partial charge >= 0.3 is 11.9 Å². The molecule has 0 amide bonds. The predicted molar refractivity (Wildman–Crippen MR) is 71.6 cm³/mol. The molecule has 0 bridgehead atoms. The van der Waals surface area contributed by atoms with Crippen LogP contribution in [-0.4, -0.2) is 37.9 Å². The Kier molecular flexibility index (Phi) is 6.76. The molecule has 0 aromatic heterocycles. The van der Waals surface area contributed by atoms with Crippen LogP contribution in [0.25, 0.3) is 0 Å². The standard InChI is InChI=1S/C14H24O5/c1-7-9-13(3,4)10-19-14(5,11(15)17-6)12(16)18-8-2/h7H,1,8-10H2,2-6H3. The quantitative estimate of drug-likeness (QED) is 0.385. The molecule has 0 saturated carbocycles. The van der Waals surface area contributed by atoms with Crippen molar-refractivity contribution in [3.8, 4) is 0 Å². The number of carbonyl (C=O) groups excluding carboxylic acids is 2. The van der Waals surface area contributed by atoms with Crippen LogP contribution >= 0.6 is 0 Å². The highest BCUT2D eigenvalue weighted by Crippen LogP contribution is 2.25. The maximum absolute atomic E-state index is 11.9. The molecule has 0 aliphatic rings. The minimum Gasteiger partial charge on any atom is -0.466 e. The average Bonchev–Trinajstić information content (AvgIpc) is 2.35. The number of rotatable bonds is 8. The summed E-state index contributed by atoms with van der Waals surface area (Å²) in [6, 6.07) is 0. The predicted octanol–water partition coefficient (Wildman–Crippen LogP) is 2.10.